The van der Waals surface area contributed by atoms with E-state index >= 15 is 0 Å². The Labute approximate surface area is 292 Å². The summed E-state index contributed by atoms with van der Waals surface area (Å²) in [6.07, 6.45) is 0.926. The molecule has 0 aliphatic rings. The van der Waals surface area contributed by atoms with Crippen LogP contribution in [0.15, 0.2) is 183 Å². The number of benzene rings is 8. The minimum absolute atomic E-state index is 0.822. The van der Waals surface area contributed by atoms with Gasteiger partial charge in [-0.2, -0.15) is 0 Å². The highest BCUT2D eigenvalue weighted by atomic mass is 79.9. The van der Waals surface area contributed by atoms with Crippen LogP contribution >= 0.6 is 15.9 Å². The third-order valence-electron chi connectivity index (χ3n) is 8.76. The number of hydrogen-bond acceptors (Lipinski definition) is 3. The maximum Gasteiger partial charge on any atom is 0.136 e. The average Bonchev–Trinajstić information content (AvgIpc) is 3.66. The van der Waals surface area contributed by atoms with Gasteiger partial charge in [0, 0.05) is 31.7 Å². The summed E-state index contributed by atoms with van der Waals surface area (Å²) in [5, 5.41) is 9.64. The fourth-order valence-electron chi connectivity index (χ4n) is 6.34. The predicted molar refractivity (Wildman–Crippen MR) is 210 cm³/mol. The molecular formula is C45H32BrNO2. The van der Waals surface area contributed by atoms with Crippen molar-refractivity contribution in [2.75, 3.05) is 5.73 Å². The number of rotatable bonds is 2. The Morgan fingerprint density at radius 2 is 0.837 bits per heavy atom. The standard InChI is InChI=1S/C23H16O.C16H9BrO.C6H7N/c1-2-6-16(7-3-1)12-17-10-11-20-21-14-18-8-4-5-9-19(18)15-23(21)24-22(20)13-17;17-12-5-6-13-14-7-10-3-1-2-4-11(10)8-15(14)18-16(13)9-12;7-6-4-2-1-3-5-6/h1-11,13-15H,12H2;1-9H;1-5H,7H2. The van der Waals surface area contributed by atoms with Gasteiger partial charge in [-0.05, 0) is 99.8 Å². The van der Waals surface area contributed by atoms with Crippen LogP contribution in [0.5, 0.6) is 0 Å². The van der Waals surface area contributed by atoms with Gasteiger partial charge < -0.3 is 14.6 Å². The van der Waals surface area contributed by atoms with Crippen LogP contribution in [0.2, 0.25) is 0 Å². The Kier molecular flexibility index (Phi) is 8.30. The molecule has 4 heteroatoms. The molecule has 2 heterocycles. The van der Waals surface area contributed by atoms with Crippen LogP contribution in [0.25, 0.3) is 65.4 Å². The van der Waals surface area contributed by atoms with E-state index < -0.39 is 0 Å². The summed E-state index contributed by atoms with van der Waals surface area (Å²) in [5.74, 6) is 0. The molecule has 8 aromatic carbocycles. The van der Waals surface area contributed by atoms with Crippen molar-refractivity contribution in [3.8, 4) is 0 Å². The third kappa shape index (κ3) is 6.52. The number of nitrogen functional groups attached to an aromatic ring is 1. The number of anilines is 1. The number of furan rings is 2. The fraction of sp³-hybridized carbons (Fsp3) is 0.0222. The topological polar surface area (TPSA) is 52.3 Å². The van der Waals surface area contributed by atoms with Gasteiger partial charge in [-0.3, -0.25) is 0 Å². The van der Waals surface area contributed by atoms with Crippen molar-refractivity contribution < 1.29 is 8.83 Å². The molecule has 2 N–H and O–H groups in total. The smallest absolute Gasteiger partial charge is 0.136 e. The Balaban J connectivity index is 0.000000122. The van der Waals surface area contributed by atoms with E-state index in [1.807, 2.05) is 48.5 Å². The summed E-state index contributed by atoms with van der Waals surface area (Å²) in [6.45, 7) is 0. The van der Waals surface area contributed by atoms with Crippen molar-refractivity contribution in [2.45, 2.75) is 6.42 Å². The van der Waals surface area contributed by atoms with E-state index in [2.05, 4.69) is 137 Å². The van der Waals surface area contributed by atoms with Gasteiger partial charge in [0.2, 0.25) is 0 Å². The lowest BCUT2D eigenvalue weighted by atomic mass is 10.0. The zero-order chi connectivity index (χ0) is 33.2. The molecule has 0 amide bonds. The molecule has 3 nitrogen and oxygen atoms in total. The zero-order valence-electron chi connectivity index (χ0n) is 26.6. The quantitative estimate of drug-likeness (QED) is 0.183. The molecule has 0 saturated carbocycles. The van der Waals surface area contributed by atoms with Crippen LogP contribution in [0.3, 0.4) is 0 Å². The highest BCUT2D eigenvalue weighted by Crippen LogP contribution is 2.34. The van der Waals surface area contributed by atoms with E-state index in [0.29, 0.717) is 0 Å². The van der Waals surface area contributed by atoms with Crippen molar-refractivity contribution in [1.82, 2.24) is 0 Å². The minimum atomic E-state index is 0.822. The van der Waals surface area contributed by atoms with Crippen LogP contribution in [-0.2, 0) is 6.42 Å². The first-order valence-corrected chi connectivity index (χ1v) is 17.1. The molecule has 2 aromatic heterocycles. The van der Waals surface area contributed by atoms with Crippen LogP contribution in [-0.4, -0.2) is 0 Å². The highest BCUT2D eigenvalue weighted by Gasteiger charge is 2.10. The van der Waals surface area contributed by atoms with E-state index in [1.165, 1.54) is 54.2 Å². The van der Waals surface area contributed by atoms with Gasteiger partial charge in [-0.1, -0.05) is 125 Å². The Morgan fingerprint density at radius 3 is 1.37 bits per heavy atom. The maximum atomic E-state index is 6.14. The summed E-state index contributed by atoms with van der Waals surface area (Å²) in [7, 11) is 0. The summed E-state index contributed by atoms with van der Waals surface area (Å²) < 4.78 is 13.1. The first-order valence-electron chi connectivity index (χ1n) is 16.3. The molecule has 0 bridgehead atoms. The van der Waals surface area contributed by atoms with Crippen LogP contribution in [0.1, 0.15) is 11.1 Å². The molecule has 0 unspecified atom stereocenters. The Bertz CT molecular complexity index is 2710. The zero-order valence-corrected chi connectivity index (χ0v) is 28.2. The van der Waals surface area contributed by atoms with Crippen molar-refractivity contribution >= 4 is 87.0 Å². The summed E-state index contributed by atoms with van der Waals surface area (Å²) in [4.78, 5) is 0. The Morgan fingerprint density at radius 1 is 0.388 bits per heavy atom. The number of para-hydroxylation sites is 1. The van der Waals surface area contributed by atoms with E-state index in [9.17, 15) is 0 Å². The molecular weight excluding hydrogens is 666 g/mol. The number of fused-ring (bicyclic) bond motifs is 8. The third-order valence-corrected chi connectivity index (χ3v) is 9.25. The lowest BCUT2D eigenvalue weighted by Crippen LogP contribution is -1.86. The number of nitrogens with two attached hydrogens (primary N) is 1. The second kappa shape index (κ2) is 13.3. The lowest BCUT2D eigenvalue weighted by molar-refractivity contribution is 0.668. The molecule has 0 radical (unpaired) electrons. The second-order valence-electron chi connectivity index (χ2n) is 12.1. The molecule has 10 aromatic rings. The molecule has 49 heavy (non-hydrogen) atoms. The molecule has 236 valence electrons. The van der Waals surface area contributed by atoms with Crippen molar-refractivity contribution in [3.63, 3.8) is 0 Å². The molecule has 0 spiro atoms. The van der Waals surface area contributed by atoms with Gasteiger partial charge >= 0.3 is 0 Å². The van der Waals surface area contributed by atoms with Gasteiger partial charge in [0.1, 0.15) is 22.3 Å². The van der Waals surface area contributed by atoms with E-state index in [1.54, 1.807) is 0 Å². The van der Waals surface area contributed by atoms with Gasteiger partial charge in [-0.15, -0.1) is 0 Å². The van der Waals surface area contributed by atoms with E-state index in [-0.39, 0.29) is 0 Å². The first-order chi connectivity index (χ1) is 24.1. The van der Waals surface area contributed by atoms with Gasteiger partial charge in [0.15, 0.2) is 0 Å². The molecule has 0 atom stereocenters. The summed E-state index contributed by atoms with van der Waals surface area (Å²) >= 11 is 3.47. The minimum Gasteiger partial charge on any atom is -0.456 e. The largest absolute Gasteiger partial charge is 0.456 e. The van der Waals surface area contributed by atoms with Gasteiger partial charge in [0.05, 0.1) is 0 Å². The maximum absolute atomic E-state index is 6.14. The van der Waals surface area contributed by atoms with Crippen molar-refractivity contribution in [1.29, 1.82) is 0 Å². The lowest BCUT2D eigenvalue weighted by Gasteiger charge is -2.01. The summed E-state index contributed by atoms with van der Waals surface area (Å²) in [5.41, 5.74) is 12.6. The molecule has 0 aliphatic carbocycles. The predicted octanol–water partition coefficient (Wildman–Crippen LogP) is 13.1. The highest BCUT2D eigenvalue weighted by molar-refractivity contribution is 9.10. The SMILES string of the molecule is Brc1ccc2c(c1)oc1cc3ccccc3cc12.Nc1ccccc1.c1ccc(Cc2ccc3c(c2)oc2cc4ccccc4cc23)cc1. The van der Waals surface area contributed by atoms with Crippen LogP contribution in [0.4, 0.5) is 5.69 Å². The van der Waals surface area contributed by atoms with Crippen molar-refractivity contribution in [2.24, 2.45) is 0 Å². The monoisotopic (exact) mass is 697 g/mol. The van der Waals surface area contributed by atoms with E-state index in [4.69, 9.17) is 14.6 Å². The summed E-state index contributed by atoms with van der Waals surface area (Å²) in [6, 6.07) is 58.2. The molecule has 0 aliphatic heterocycles. The van der Waals surface area contributed by atoms with Gasteiger partial charge in [0.25, 0.3) is 0 Å². The normalized spacial score (nSPS) is 11.1. The molecule has 0 fully saturated rings. The van der Waals surface area contributed by atoms with Gasteiger partial charge in [-0.25, -0.2) is 0 Å². The van der Waals surface area contributed by atoms with Crippen LogP contribution < -0.4 is 5.73 Å². The van der Waals surface area contributed by atoms with Crippen molar-refractivity contribution in [3.05, 3.63) is 185 Å². The number of halogens is 1. The second-order valence-corrected chi connectivity index (χ2v) is 13.1. The van der Waals surface area contributed by atoms with E-state index in [0.717, 1.165) is 38.9 Å². The average molecular weight is 699 g/mol. The molecule has 0 saturated heterocycles. The van der Waals surface area contributed by atoms with Crippen LogP contribution in [0, 0.1) is 0 Å². The fourth-order valence-corrected chi connectivity index (χ4v) is 6.68. The number of hydrogen-bond donors (Lipinski definition) is 1. The molecule has 10 rings (SSSR count). The Hall–Kier alpha value is -5.84. The first kappa shape index (κ1) is 30.5.